The van der Waals surface area contributed by atoms with Gasteiger partial charge in [-0.25, -0.2) is 0 Å². The second kappa shape index (κ2) is 5.42. The maximum absolute atomic E-state index is 12.0. The summed E-state index contributed by atoms with van der Waals surface area (Å²) in [5.41, 5.74) is 6.38. The monoisotopic (exact) mass is 252 g/mol. The van der Waals surface area contributed by atoms with E-state index in [2.05, 4.69) is 0 Å². The first-order valence-corrected chi connectivity index (χ1v) is 6.56. The Kier molecular flexibility index (Phi) is 3.91. The number of rotatable bonds is 3. The Morgan fingerprint density at radius 3 is 3.12 bits per heavy atom. The Hall–Kier alpha value is -1.20. The molecule has 0 spiro atoms. The van der Waals surface area contributed by atoms with Crippen LogP contribution in [0.1, 0.15) is 6.42 Å². The molecule has 1 aliphatic rings. The predicted molar refractivity (Wildman–Crippen MR) is 69.7 cm³/mol. The van der Waals surface area contributed by atoms with E-state index in [4.69, 9.17) is 10.5 Å². The van der Waals surface area contributed by atoms with Gasteiger partial charge in [0.15, 0.2) is 0 Å². The van der Waals surface area contributed by atoms with Crippen LogP contribution in [0.4, 0.5) is 5.69 Å². The van der Waals surface area contributed by atoms with Gasteiger partial charge < -0.3 is 15.4 Å². The summed E-state index contributed by atoms with van der Waals surface area (Å²) in [7, 11) is 1.63. The van der Waals surface area contributed by atoms with Crippen LogP contribution < -0.4 is 15.4 Å². The van der Waals surface area contributed by atoms with Crippen LogP contribution in [0.25, 0.3) is 0 Å². The zero-order valence-corrected chi connectivity index (χ0v) is 10.6. The van der Waals surface area contributed by atoms with Crippen molar-refractivity contribution in [2.45, 2.75) is 11.3 Å². The molecular weight excluding hydrogens is 236 g/mol. The summed E-state index contributed by atoms with van der Waals surface area (Å²) in [5.74, 6) is 1.79. The predicted octanol–water partition coefficient (Wildman–Crippen LogP) is 1.48. The normalized spacial score (nSPS) is 14.4. The number of anilines is 1. The molecule has 1 aromatic carbocycles. The zero-order valence-electron chi connectivity index (χ0n) is 9.81. The first kappa shape index (κ1) is 12.3. The Morgan fingerprint density at radius 2 is 2.41 bits per heavy atom. The van der Waals surface area contributed by atoms with Crippen LogP contribution in [-0.2, 0) is 4.79 Å². The number of amides is 1. The molecule has 0 saturated carbocycles. The summed E-state index contributed by atoms with van der Waals surface area (Å²) in [4.78, 5) is 14.9. The number of nitrogens with two attached hydrogens (primary N) is 1. The van der Waals surface area contributed by atoms with Crippen molar-refractivity contribution in [2.75, 3.05) is 30.9 Å². The third kappa shape index (κ3) is 2.56. The van der Waals surface area contributed by atoms with E-state index >= 15 is 0 Å². The summed E-state index contributed by atoms with van der Waals surface area (Å²) < 4.78 is 5.20. The summed E-state index contributed by atoms with van der Waals surface area (Å²) in [6.45, 7) is 1.13. The average molecular weight is 252 g/mol. The topological polar surface area (TPSA) is 55.6 Å². The number of carbonyl (C=O) groups excluding carboxylic acids is 1. The van der Waals surface area contributed by atoms with Crippen molar-refractivity contribution in [3.8, 4) is 5.75 Å². The Balaban J connectivity index is 2.31. The van der Waals surface area contributed by atoms with E-state index in [-0.39, 0.29) is 5.91 Å². The molecule has 0 aliphatic carbocycles. The van der Waals surface area contributed by atoms with Crippen LogP contribution in [0.5, 0.6) is 5.75 Å². The van der Waals surface area contributed by atoms with E-state index in [0.717, 1.165) is 28.6 Å². The highest BCUT2D eigenvalue weighted by Gasteiger charge is 2.22. The van der Waals surface area contributed by atoms with Crippen molar-refractivity contribution in [2.24, 2.45) is 5.73 Å². The second-order valence-electron chi connectivity index (χ2n) is 3.77. The molecule has 0 unspecified atom stereocenters. The SMILES string of the molecule is COc1ccc2c(c1)N(C(=O)CCN)CCS2. The molecule has 92 valence electrons. The number of methoxy groups -OCH3 is 1. The highest BCUT2D eigenvalue weighted by atomic mass is 32.2. The van der Waals surface area contributed by atoms with Crippen LogP contribution in [-0.4, -0.2) is 31.9 Å². The van der Waals surface area contributed by atoms with E-state index < -0.39 is 0 Å². The number of hydrogen-bond donors (Lipinski definition) is 1. The van der Waals surface area contributed by atoms with Gasteiger partial charge in [0.25, 0.3) is 0 Å². The van der Waals surface area contributed by atoms with Gasteiger partial charge in [0, 0.05) is 36.2 Å². The van der Waals surface area contributed by atoms with Crippen molar-refractivity contribution in [3.05, 3.63) is 18.2 Å². The second-order valence-corrected chi connectivity index (χ2v) is 4.90. The minimum atomic E-state index is 0.0855. The van der Waals surface area contributed by atoms with Gasteiger partial charge in [0.05, 0.1) is 12.8 Å². The number of hydrogen-bond acceptors (Lipinski definition) is 4. The fraction of sp³-hybridized carbons (Fsp3) is 0.417. The molecule has 2 rings (SSSR count). The lowest BCUT2D eigenvalue weighted by molar-refractivity contribution is -0.118. The van der Waals surface area contributed by atoms with Gasteiger partial charge in [-0.1, -0.05) is 0 Å². The molecular formula is C12H16N2O2S. The number of nitrogens with zero attached hydrogens (tertiary/aromatic N) is 1. The Morgan fingerprint density at radius 1 is 1.59 bits per heavy atom. The average Bonchev–Trinajstić information content (AvgIpc) is 2.37. The third-order valence-corrected chi connectivity index (χ3v) is 3.73. The molecule has 4 nitrogen and oxygen atoms in total. The van der Waals surface area contributed by atoms with Crippen molar-refractivity contribution in [1.29, 1.82) is 0 Å². The molecule has 1 heterocycles. The van der Waals surface area contributed by atoms with Crippen molar-refractivity contribution in [3.63, 3.8) is 0 Å². The van der Waals surface area contributed by atoms with Crippen LogP contribution in [0.2, 0.25) is 0 Å². The van der Waals surface area contributed by atoms with E-state index in [1.54, 1.807) is 23.8 Å². The molecule has 0 aromatic heterocycles. The molecule has 0 radical (unpaired) electrons. The fourth-order valence-corrected chi connectivity index (χ4v) is 2.82. The van der Waals surface area contributed by atoms with Crippen molar-refractivity contribution in [1.82, 2.24) is 0 Å². The molecule has 17 heavy (non-hydrogen) atoms. The number of thioether (sulfide) groups is 1. The minimum absolute atomic E-state index is 0.0855. The lowest BCUT2D eigenvalue weighted by Crippen LogP contribution is -2.36. The third-order valence-electron chi connectivity index (χ3n) is 2.69. The van der Waals surface area contributed by atoms with Gasteiger partial charge >= 0.3 is 0 Å². The van der Waals surface area contributed by atoms with E-state index in [1.165, 1.54) is 0 Å². The Labute approximate surface area is 105 Å². The van der Waals surface area contributed by atoms with Gasteiger partial charge in [-0.2, -0.15) is 0 Å². The van der Waals surface area contributed by atoms with E-state index in [1.807, 2.05) is 18.2 Å². The number of carbonyl (C=O) groups is 1. The molecule has 1 aliphatic heterocycles. The van der Waals surface area contributed by atoms with Crippen molar-refractivity contribution >= 4 is 23.4 Å². The lowest BCUT2D eigenvalue weighted by Gasteiger charge is -2.29. The van der Waals surface area contributed by atoms with Crippen LogP contribution in [0.15, 0.2) is 23.1 Å². The summed E-state index contributed by atoms with van der Waals surface area (Å²) in [6.07, 6.45) is 0.390. The van der Waals surface area contributed by atoms with Gasteiger partial charge in [-0.3, -0.25) is 4.79 Å². The van der Waals surface area contributed by atoms with Crippen LogP contribution in [0, 0.1) is 0 Å². The maximum atomic E-state index is 12.0. The summed E-state index contributed by atoms with van der Waals surface area (Å²) in [5, 5.41) is 0. The molecule has 1 aromatic rings. The largest absolute Gasteiger partial charge is 0.497 e. The summed E-state index contributed by atoms with van der Waals surface area (Å²) in [6, 6.07) is 5.83. The van der Waals surface area contributed by atoms with Gasteiger partial charge in [0.2, 0.25) is 5.91 Å². The molecule has 0 fully saturated rings. The fourth-order valence-electron chi connectivity index (χ4n) is 1.84. The summed E-state index contributed by atoms with van der Waals surface area (Å²) >= 11 is 1.77. The van der Waals surface area contributed by atoms with Gasteiger partial charge in [0.1, 0.15) is 5.75 Å². The molecule has 5 heteroatoms. The van der Waals surface area contributed by atoms with E-state index in [9.17, 15) is 4.79 Å². The number of ether oxygens (including phenoxy) is 1. The van der Waals surface area contributed by atoms with Gasteiger partial charge in [-0.15, -0.1) is 11.8 Å². The first-order valence-electron chi connectivity index (χ1n) is 5.57. The highest BCUT2D eigenvalue weighted by Crippen LogP contribution is 2.37. The smallest absolute Gasteiger partial charge is 0.228 e. The number of benzene rings is 1. The van der Waals surface area contributed by atoms with Gasteiger partial charge in [-0.05, 0) is 12.1 Å². The zero-order chi connectivity index (χ0) is 12.3. The number of fused-ring (bicyclic) bond motifs is 1. The van der Waals surface area contributed by atoms with E-state index in [0.29, 0.717) is 13.0 Å². The molecule has 1 amide bonds. The maximum Gasteiger partial charge on any atom is 0.228 e. The van der Waals surface area contributed by atoms with Crippen molar-refractivity contribution < 1.29 is 9.53 Å². The Bertz CT molecular complexity index is 423. The van der Waals surface area contributed by atoms with Crippen LogP contribution in [0.3, 0.4) is 0 Å². The quantitative estimate of drug-likeness (QED) is 0.885. The molecule has 0 saturated heterocycles. The molecule has 2 N–H and O–H groups in total. The lowest BCUT2D eigenvalue weighted by atomic mass is 10.2. The first-order chi connectivity index (χ1) is 8.26. The highest BCUT2D eigenvalue weighted by molar-refractivity contribution is 7.99. The molecule has 0 bridgehead atoms. The molecule has 0 atom stereocenters. The van der Waals surface area contributed by atoms with Crippen LogP contribution >= 0.6 is 11.8 Å². The minimum Gasteiger partial charge on any atom is -0.497 e. The standard InChI is InChI=1S/C12H16N2O2S/c1-16-9-2-3-11-10(8-9)14(6-7-17-11)12(15)4-5-13/h2-3,8H,4-7,13H2,1H3.